The summed E-state index contributed by atoms with van der Waals surface area (Å²) in [5, 5.41) is 0. The fourth-order valence-corrected chi connectivity index (χ4v) is 2.22. The lowest BCUT2D eigenvalue weighted by molar-refractivity contribution is -0.127. The van der Waals surface area contributed by atoms with Crippen molar-refractivity contribution in [1.29, 1.82) is 0 Å². The Hall–Kier alpha value is -0.100. The van der Waals surface area contributed by atoms with E-state index in [2.05, 4.69) is 31.9 Å². The molecular formula is C8H4Br2F4. The van der Waals surface area contributed by atoms with Crippen LogP contribution in [-0.4, -0.2) is 6.18 Å². The predicted octanol–water partition coefficient (Wildman–Crippen LogP) is 4.46. The lowest BCUT2D eigenvalue weighted by Gasteiger charge is -2.07. The molecule has 1 rings (SSSR count). The first-order valence-electron chi connectivity index (χ1n) is 3.50. The monoisotopic (exact) mass is 334 g/mol. The summed E-state index contributed by atoms with van der Waals surface area (Å²) in [7, 11) is 0. The second-order valence-electron chi connectivity index (χ2n) is 2.67. The van der Waals surface area contributed by atoms with E-state index in [1.165, 1.54) is 0 Å². The minimum atomic E-state index is -4.28. The molecule has 0 aromatic heterocycles. The Bertz CT molecular complexity index is 323. The van der Waals surface area contributed by atoms with Gasteiger partial charge in [-0.15, -0.1) is 0 Å². The second kappa shape index (κ2) is 4.18. The van der Waals surface area contributed by atoms with Gasteiger partial charge in [-0.05, 0) is 49.6 Å². The number of hydrogen-bond acceptors (Lipinski definition) is 0. The van der Waals surface area contributed by atoms with Crippen LogP contribution in [0.25, 0.3) is 0 Å². The maximum Gasteiger partial charge on any atom is 0.393 e. The van der Waals surface area contributed by atoms with Gasteiger partial charge in [-0.25, -0.2) is 4.39 Å². The molecule has 0 bridgehead atoms. The van der Waals surface area contributed by atoms with E-state index in [0.29, 0.717) is 0 Å². The van der Waals surface area contributed by atoms with Gasteiger partial charge in [0, 0.05) is 0 Å². The van der Waals surface area contributed by atoms with Gasteiger partial charge in [0.2, 0.25) is 0 Å². The Morgan fingerprint density at radius 2 is 1.50 bits per heavy atom. The number of benzene rings is 1. The van der Waals surface area contributed by atoms with Crippen LogP contribution >= 0.6 is 31.9 Å². The smallest absolute Gasteiger partial charge is 0.205 e. The van der Waals surface area contributed by atoms with Crippen LogP contribution in [0.5, 0.6) is 0 Å². The van der Waals surface area contributed by atoms with Gasteiger partial charge in [0.1, 0.15) is 0 Å². The fourth-order valence-electron chi connectivity index (χ4n) is 0.942. The first kappa shape index (κ1) is 12.0. The van der Waals surface area contributed by atoms with E-state index in [0.717, 1.165) is 12.1 Å². The maximum atomic E-state index is 13.0. The molecule has 0 amide bonds. The number of hydrogen-bond donors (Lipinski definition) is 0. The van der Waals surface area contributed by atoms with Crippen molar-refractivity contribution in [3.05, 3.63) is 32.5 Å². The molecule has 0 fully saturated rings. The molecule has 0 aliphatic heterocycles. The van der Waals surface area contributed by atoms with E-state index in [4.69, 9.17) is 0 Å². The summed E-state index contributed by atoms with van der Waals surface area (Å²) < 4.78 is 49.0. The van der Waals surface area contributed by atoms with Crippen LogP contribution in [0.3, 0.4) is 0 Å². The maximum absolute atomic E-state index is 13.0. The first-order chi connectivity index (χ1) is 6.29. The predicted molar refractivity (Wildman–Crippen MR) is 51.6 cm³/mol. The Morgan fingerprint density at radius 1 is 1.07 bits per heavy atom. The molecule has 1 aromatic rings. The molecule has 0 spiro atoms. The molecule has 0 radical (unpaired) electrons. The van der Waals surface area contributed by atoms with E-state index in [9.17, 15) is 17.6 Å². The van der Waals surface area contributed by atoms with Crippen molar-refractivity contribution >= 4 is 31.9 Å². The quantitative estimate of drug-likeness (QED) is 0.525. The third-order valence-electron chi connectivity index (χ3n) is 1.45. The molecule has 14 heavy (non-hydrogen) atoms. The molecule has 78 valence electrons. The molecule has 0 aliphatic rings. The summed E-state index contributed by atoms with van der Waals surface area (Å²) in [4.78, 5) is 0. The zero-order chi connectivity index (χ0) is 10.9. The standard InChI is InChI=1S/C8H4Br2F4/c9-5-1-4(3-8(12,13)14)2-6(10)7(5)11/h1-2H,3H2. The zero-order valence-corrected chi connectivity index (χ0v) is 9.80. The summed E-state index contributed by atoms with van der Waals surface area (Å²) in [6.07, 6.45) is -5.35. The summed E-state index contributed by atoms with van der Waals surface area (Å²) >= 11 is 5.66. The molecule has 0 N–H and O–H groups in total. The molecule has 0 unspecified atom stereocenters. The summed E-state index contributed by atoms with van der Waals surface area (Å²) in [6.45, 7) is 0. The zero-order valence-electron chi connectivity index (χ0n) is 6.63. The average Bonchev–Trinajstić information content (AvgIpc) is 1.96. The lowest BCUT2D eigenvalue weighted by Crippen LogP contribution is -2.11. The van der Waals surface area contributed by atoms with Crippen LogP contribution in [0, 0.1) is 5.82 Å². The van der Waals surface area contributed by atoms with E-state index < -0.39 is 18.4 Å². The van der Waals surface area contributed by atoms with Gasteiger partial charge in [-0.2, -0.15) is 13.2 Å². The van der Waals surface area contributed by atoms with E-state index in [1.807, 2.05) is 0 Å². The van der Waals surface area contributed by atoms with Gasteiger partial charge >= 0.3 is 6.18 Å². The SMILES string of the molecule is Fc1c(Br)cc(CC(F)(F)F)cc1Br. The van der Waals surface area contributed by atoms with E-state index in [1.54, 1.807) is 0 Å². The number of halogens is 6. The van der Waals surface area contributed by atoms with Crippen LogP contribution in [0.1, 0.15) is 5.56 Å². The molecule has 0 nitrogen and oxygen atoms in total. The average molecular weight is 336 g/mol. The molecule has 0 saturated carbocycles. The summed E-state index contributed by atoms with van der Waals surface area (Å²) in [6, 6.07) is 2.24. The Morgan fingerprint density at radius 3 is 1.86 bits per heavy atom. The molecule has 6 heteroatoms. The van der Waals surface area contributed by atoms with Crippen LogP contribution in [-0.2, 0) is 6.42 Å². The Kier molecular flexibility index (Phi) is 3.58. The topological polar surface area (TPSA) is 0 Å². The minimum Gasteiger partial charge on any atom is -0.205 e. The summed E-state index contributed by atoms with van der Waals surface area (Å²) in [5.74, 6) is -0.601. The third-order valence-corrected chi connectivity index (χ3v) is 2.60. The van der Waals surface area contributed by atoms with Crippen molar-refractivity contribution in [3.8, 4) is 0 Å². The van der Waals surface area contributed by atoms with Gasteiger partial charge in [-0.1, -0.05) is 0 Å². The second-order valence-corrected chi connectivity index (χ2v) is 4.37. The van der Waals surface area contributed by atoms with Crippen LogP contribution in [0.4, 0.5) is 17.6 Å². The third kappa shape index (κ3) is 3.24. The van der Waals surface area contributed by atoms with Crippen LogP contribution < -0.4 is 0 Å². The van der Waals surface area contributed by atoms with Crippen molar-refractivity contribution in [2.24, 2.45) is 0 Å². The van der Waals surface area contributed by atoms with E-state index >= 15 is 0 Å². The highest BCUT2D eigenvalue weighted by Crippen LogP contribution is 2.29. The molecule has 0 saturated heterocycles. The van der Waals surface area contributed by atoms with Crippen molar-refractivity contribution in [2.45, 2.75) is 12.6 Å². The highest BCUT2D eigenvalue weighted by molar-refractivity contribution is 9.11. The van der Waals surface area contributed by atoms with E-state index in [-0.39, 0.29) is 14.5 Å². The first-order valence-corrected chi connectivity index (χ1v) is 5.08. The largest absolute Gasteiger partial charge is 0.393 e. The highest BCUT2D eigenvalue weighted by atomic mass is 79.9. The van der Waals surface area contributed by atoms with Gasteiger partial charge in [0.15, 0.2) is 5.82 Å². The van der Waals surface area contributed by atoms with Gasteiger partial charge in [-0.3, -0.25) is 0 Å². The highest BCUT2D eigenvalue weighted by Gasteiger charge is 2.28. The van der Waals surface area contributed by atoms with Crippen molar-refractivity contribution in [2.75, 3.05) is 0 Å². The van der Waals surface area contributed by atoms with Crippen LogP contribution in [0.2, 0.25) is 0 Å². The molecule has 1 aromatic carbocycles. The lowest BCUT2D eigenvalue weighted by atomic mass is 10.1. The fraction of sp³-hybridized carbons (Fsp3) is 0.250. The van der Waals surface area contributed by atoms with Crippen LogP contribution in [0.15, 0.2) is 21.1 Å². The normalized spacial score (nSPS) is 11.9. The van der Waals surface area contributed by atoms with Gasteiger partial charge in [0.05, 0.1) is 15.4 Å². The number of alkyl halides is 3. The van der Waals surface area contributed by atoms with Crippen molar-refractivity contribution in [3.63, 3.8) is 0 Å². The van der Waals surface area contributed by atoms with Crippen molar-refractivity contribution in [1.82, 2.24) is 0 Å². The number of rotatable bonds is 1. The Balaban J connectivity index is 3.02. The van der Waals surface area contributed by atoms with Gasteiger partial charge < -0.3 is 0 Å². The molecular weight excluding hydrogens is 332 g/mol. The van der Waals surface area contributed by atoms with Gasteiger partial charge in [0.25, 0.3) is 0 Å². The molecule has 0 heterocycles. The summed E-state index contributed by atoms with van der Waals surface area (Å²) in [5.41, 5.74) is 0.0117. The Labute approximate surface area is 94.6 Å². The van der Waals surface area contributed by atoms with Crippen molar-refractivity contribution < 1.29 is 17.6 Å². The minimum absolute atomic E-state index is 0.0117. The molecule has 0 atom stereocenters. The molecule has 0 aliphatic carbocycles.